The highest BCUT2D eigenvalue weighted by atomic mass is 16.5. The molecule has 1 amide bonds. The second-order valence-corrected chi connectivity index (χ2v) is 8.37. The number of nitrogens with zero attached hydrogens (tertiary/aromatic N) is 3. The van der Waals surface area contributed by atoms with Gasteiger partial charge in [0.15, 0.2) is 5.82 Å². The molecule has 9 nitrogen and oxygen atoms in total. The third kappa shape index (κ3) is 6.52. The first kappa shape index (κ1) is 22.7. The molecule has 1 aromatic heterocycles. The lowest BCUT2D eigenvalue weighted by molar-refractivity contribution is -0.137. The fourth-order valence-electron chi connectivity index (χ4n) is 3.76. The zero-order valence-electron chi connectivity index (χ0n) is 18.0. The van der Waals surface area contributed by atoms with Crippen molar-refractivity contribution in [2.45, 2.75) is 51.7 Å². The number of ether oxygens (including phenoxy) is 1. The summed E-state index contributed by atoms with van der Waals surface area (Å²) in [4.78, 5) is 30.2. The molecule has 2 N–H and O–H groups in total. The van der Waals surface area contributed by atoms with E-state index in [1.807, 2.05) is 30.3 Å². The summed E-state index contributed by atoms with van der Waals surface area (Å²) in [7, 11) is 0. The van der Waals surface area contributed by atoms with Gasteiger partial charge in [-0.3, -0.25) is 4.79 Å². The number of hydrogen-bond acceptors (Lipinski definition) is 7. The quantitative estimate of drug-likeness (QED) is 0.623. The minimum Gasteiger partial charge on any atom is -0.481 e. The Labute approximate surface area is 181 Å². The minimum atomic E-state index is -0.931. The lowest BCUT2D eigenvalue weighted by Crippen LogP contribution is -2.54. The van der Waals surface area contributed by atoms with Crippen LogP contribution in [0.4, 0.5) is 4.79 Å². The molecule has 31 heavy (non-hydrogen) atoms. The van der Waals surface area contributed by atoms with Crippen LogP contribution in [0.2, 0.25) is 0 Å². The standard InChI is InChI=1S/C22H30N4O5/c1-16(2)14-26-12-10-22(11-13-26,20-23-18(31-25-20)8-9-19(27)28)24-21(29)30-15-17-6-4-3-5-7-17/h3-7,16H,8-15H2,1-2H3,(H,24,29)(H,27,28). The summed E-state index contributed by atoms with van der Waals surface area (Å²) in [5.41, 5.74) is 0.0839. The summed E-state index contributed by atoms with van der Waals surface area (Å²) in [6, 6.07) is 9.46. The van der Waals surface area contributed by atoms with Gasteiger partial charge in [-0.05, 0) is 24.3 Å². The van der Waals surface area contributed by atoms with Crippen molar-refractivity contribution < 1.29 is 24.0 Å². The molecule has 3 rings (SSSR count). The topological polar surface area (TPSA) is 118 Å². The predicted octanol–water partition coefficient (Wildman–Crippen LogP) is 2.96. The summed E-state index contributed by atoms with van der Waals surface area (Å²) in [6.45, 7) is 7.04. The molecular weight excluding hydrogens is 400 g/mol. The van der Waals surface area contributed by atoms with Crippen LogP contribution in [0, 0.1) is 5.92 Å². The Hall–Kier alpha value is -2.94. The first-order chi connectivity index (χ1) is 14.9. The number of carboxylic acids is 1. The minimum absolute atomic E-state index is 0.0939. The van der Waals surface area contributed by atoms with E-state index in [1.54, 1.807) is 0 Å². The zero-order valence-corrected chi connectivity index (χ0v) is 18.0. The number of aryl methyl sites for hydroxylation is 1. The van der Waals surface area contributed by atoms with Crippen LogP contribution in [0.5, 0.6) is 0 Å². The maximum Gasteiger partial charge on any atom is 0.408 e. The van der Waals surface area contributed by atoms with Crippen LogP contribution in [0.25, 0.3) is 0 Å². The van der Waals surface area contributed by atoms with Gasteiger partial charge in [0.1, 0.15) is 12.1 Å². The number of amides is 1. The van der Waals surface area contributed by atoms with Crippen LogP contribution in [0.3, 0.4) is 0 Å². The molecule has 1 fully saturated rings. The van der Waals surface area contributed by atoms with Gasteiger partial charge in [0, 0.05) is 26.1 Å². The van der Waals surface area contributed by atoms with Crippen molar-refractivity contribution in [1.82, 2.24) is 20.4 Å². The van der Waals surface area contributed by atoms with Crippen LogP contribution in [-0.2, 0) is 28.1 Å². The number of nitrogens with one attached hydrogen (secondary N) is 1. The van der Waals surface area contributed by atoms with E-state index in [4.69, 9.17) is 14.4 Å². The van der Waals surface area contributed by atoms with Crippen molar-refractivity contribution in [3.05, 3.63) is 47.6 Å². The number of aliphatic carboxylic acids is 1. The molecule has 0 atom stereocenters. The van der Waals surface area contributed by atoms with Gasteiger partial charge in [0.05, 0.1) is 6.42 Å². The van der Waals surface area contributed by atoms with E-state index in [0.717, 1.165) is 25.2 Å². The van der Waals surface area contributed by atoms with E-state index >= 15 is 0 Å². The molecule has 168 valence electrons. The van der Waals surface area contributed by atoms with Gasteiger partial charge >= 0.3 is 12.1 Å². The molecule has 0 spiro atoms. The summed E-state index contributed by atoms with van der Waals surface area (Å²) >= 11 is 0. The van der Waals surface area contributed by atoms with Gasteiger partial charge in [-0.25, -0.2) is 4.79 Å². The van der Waals surface area contributed by atoms with E-state index in [1.165, 1.54) is 0 Å². The van der Waals surface area contributed by atoms with Gasteiger partial charge in [-0.1, -0.05) is 49.3 Å². The number of carbonyl (C=O) groups is 2. The third-order valence-electron chi connectivity index (χ3n) is 5.34. The Balaban J connectivity index is 1.70. The van der Waals surface area contributed by atoms with E-state index in [-0.39, 0.29) is 25.3 Å². The van der Waals surface area contributed by atoms with Gasteiger partial charge < -0.3 is 24.6 Å². The number of alkyl carbamates (subject to hydrolysis) is 1. The van der Waals surface area contributed by atoms with E-state index < -0.39 is 17.6 Å². The molecule has 1 aromatic carbocycles. The lowest BCUT2D eigenvalue weighted by Gasteiger charge is -2.40. The first-order valence-electron chi connectivity index (χ1n) is 10.6. The van der Waals surface area contributed by atoms with Crippen molar-refractivity contribution in [1.29, 1.82) is 0 Å². The second kappa shape index (κ2) is 10.4. The Morgan fingerprint density at radius 2 is 1.97 bits per heavy atom. The molecule has 0 saturated carbocycles. The van der Waals surface area contributed by atoms with Crippen LogP contribution in [0.1, 0.15) is 50.4 Å². The largest absolute Gasteiger partial charge is 0.481 e. The highest BCUT2D eigenvalue weighted by molar-refractivity contribution is 5.68. The third-order valence-corrected chi connectivity index (χ3v) is 5.34. The summed E-state index contributed by atoms with van der Waals surface area (Å²) in [5.74, 6) is 0.234. The van der Waals surface area contributed by atoms with Crippen LogP contribution in [-0.4, -0.2) is 51.8 Å². The Bertz CT molecular complexity index is 860. The van der Waals surface area contributed by atoms with Crippen molar-refractivity contribution in [2.75, 3.05) is 19.6 Å². The van der Waals surface area contributed by atoms with Gasteiger partial charge in [-0.2, -0.15) is 4.98 Å². The molecule has 1 aliphatic rings. The number of carbonyl (C=O) groups excluding carboxylic acids is 1. The van der Waals surface area contributed by atoms with Crippen LogP contribution in [0.15, 0.2) is 34.9 Å². The number of aromatic nitrogens is 2. The SMILES string of the molecule is CC(C)CN1CCC(NC(=O)OCc2ccccc2)(c2noc(CCC(=O)O)n2)CC1. The number of rotatable bonds is 9. The highest BCUT2D eigenvalue weighted by Crippen LogP contribution is 2.32. The number of piperidine rings is 1. The molecule has 1 saturated heterocycles. The molecule has 1 aliphatic heterocycles. The molecule has 2 heterocycles. The smallest absolute Gasteiger partial charge is 0.408 e. The van der Waals surface area contributed by atoms with E-state index in [9.17, 15) is 9.59 Å². The molecule has 0 bridgehead atoms. The molecule has 0 unspecified atom stereocenters. The van der Waals surface area contributed by atoms with Crippen molar-refractivity contribution in [2.24, 2.45) is 5.92 Å². The Kier molecular flexibility index (Phi) is 7.62. The molecule has 0 radical (unpaired) electrons. The maximum atomic E-state index is 12.6. The fraction of sp³-hybridized carbons (Fsp3) is 0.545. The van der Waals surface area contributed by atoms with Crippen LogP contribution >= 0.6 is 0 Å². The number of likely N-dealkylation sites (tertiary alicyclic amines) is 1. The second-order valence-electron chi connectivity index (χ2n) is 8.37. The van der Waals surface area contributed by atoms with Crippen molar-refractivity contribution in [3.63, 3.8) is 0 Å². The van der Waals surface area contributed by atoms with Crippen molar-refractivity contribution >= 4 is 12.1 Å². The fourth-order valence-corrected chi connectivity index (χ4v) is 3.76. The van der Waals surface area contributed by atoms with Crippen molar-refractivity contribution in [3.8, 4) is 0 Å². The molecular formula is C22H30N4O5. The summed E-state index contributed by atoms with van der Waals surface area (Å²) in [6.07, 6.45) is 0.730. The summed E-state index contributed by atoms with van der Waals surface area (Å²) in [5, 5.41) is 15.9. The number of hydrogen-bond donors (Lipinski definition) is 2. The van der Waals surface area contributed by atoms with E-state index in [2.05, 4.69) is 34.2 Å². The van der Waals surface area contributed by atoms with E-state index in [0.29, 0.717) is 24.6 Å². The zero-order chi connectivity index (χ0) is 22.3. The van der Waals surface area contributed by atoms with Gasteiger partial charge in [0.25, 0.3) is 0 Å². The molecule has 0 aliphatic carbocycles. The number of carboxylic acid groups (broad SMARTS) is 1. The maximum absolute atomic E-state index is 12.6. The number of benzene rings is 1. The molecule has 2 aromatic rings. The normalized spacial score (nSPS) is 16.2. The average Bonchev–Trinajstić information content (AvgIpc) is 3.23. The molecule has 9 heteroatoms. The van der Waals surface area contributed by atoms with Gasteiger partial charge in [-0.15, -0.1) is 0 Å². The predicted molar refractivity (Wildman–Crippen MR) is 112 cm³/mol. The monoisotopic (exact) mass is 430 g/mol. The highest BCUT2D eigenvalue weighted by Gasteiger charge is 2.42. The summed E-state index contributed by atoms with van der Waals surface area (Å²) < 4.78 is 10.7. The lowest BCUT2D eigenvalue weighted by atomic mass is 9.86. The first-order valence-corrected chi connectivity index (χ1v) is 10.6. The van der Waals surface area contributed by atoms with Gasteiger partial charge in [0.2, 0.25) is 5.89 Å². The average molecular weight is 431 g/mol. The Morgan fingerprint density at radius 3 is 2.61 bits per heavy atom. The van der Waals surface area contributed by atoms with Crippen LogP contribution < -0.4 is 5.32 Å². The Morgan fingerprint density at radius 1 is 1.26 bits per heavy atom.